The third kappa shape index (κ3) is 2.03. The Bertz CT molecular complexity index is 884. The number of benzene rings is 2. The molecule has 22 heavy (non-hydrogen) atoms. The third-order valence-electron chi connectivity index (χ3n) is 3.63. The Balaban J connectivity index is 1.82. The summed E-state index contributed by atoms with van der Waals surface area (Å²) >= 11 is 0. The Kier molecular flexibility index (Phi) is 2.89. The number of carbonyl (C=O) groups excluding carboxylic acids is 1. The number of aromatic nitrogens is 2. The van der Waals surface area contributed by atoms with Crippen LogP contribution in [0.5, 0.6) is 0 Å². The van der Waals surface area contributed by atoms with Gasteiger partial charge in [-0.1, -0.05) is 54.6 Å². The van der Waals surface area contributed by atoms with Crippen molar-refractivity contribution in [1.82, 2.24) is 10.2 Å². The number of nitrogens with zero attached hydrogens (tertiary/aromatic N) is 4. The van der Waals surface area contributed by atoms with E-state index in [2.05, 4.69) is 15.3 Å². The lowest BCUT2D eigenvalue weighted by molar-refractivity contribution is -0.116. The number of rotatable bonds is 2. The maximum atomic E-state index is 12.3. The van der Waals surface area contributed by atoms with Gasteiger partial charge in [-0.05, 0) is 5.56 Å². The first-order chi connectivity index (χ1) is 10.8. The lowest BCUT2D eigenvalue weighted by Gasteiger charge is -2.11. The van der Waals surface area contributed by atoms with Gasteiger partial charge in [-0.15, -0.1) is 5.10 Å². The van der Waals surface area contributed by atoms with Crippen molar-refractivity contribution in [2.75, 3.05) is 5.01 Å². The summed E-state index contributed by atoms with van der Waals surface area (Å²) in [7, 11) is 0. The van der Waals surface area contributed by atoms with E-state index in [0.29, 0.717) is 5.82 Å². The predicted octanol–water partition coefficient (Wildman–Crippen LogP) is 2.77. The maximum absolute atomic E-state index is 12.3. The van der Waals surface area contributed by atoms with E-state index >= 15 is 0 Å². The molecule has 1 aromatic heterocycles. The average molecular weight is 288 g/mol. The zero-order valence-corrected chi connectivity index (χ0v) is 11.7. The summed E-state index contributed by atoms with van der Waals surface area (Å²) in [5.74, 6) is 0.388. The van der Waals surface area contributed by atoms with E-state index in [0.717, 1.165) is 22.0 Å². The van der Waals surface area contributed by atoms with Gasteiger partial charge >= 0.3 is 0 Å². The minimum atomic E-state index is -0.0930. The zero-order chi connectivity index (χ0) is 14.9. The fraction of sp³-hybridized carbons (Fsp3) is 0.0588. The van der Waals surface area contributed by atoms with Gasteiger partial charge in [0, 0.05) is 10.8 Å². The van der Waals surface area contributed by atoms with Gasteiger partial charge in [0.25, 0.3) is 5.91 Å². The molecule has 1 aliphatic heterocycles. The first-order valence-electron chi connectivity index (χ1n) is 6.99. The largest absolute Gasteiger partial charge is 0.272 e. The summed E-state index contributed by atoms with van der Waals surface area (Å²) in [6, 6.07) is 17.4. The molecule has 0 atom stereocenters. The molecule has 2 aromatic carbocycles. The fourth-order valence-electron chi connectivity index (χ4n) is 2.56. The first-order valence-corrected chi connectivity index (χ1v) is 6.99. The summed E-state index contributed by atoms with van der Waals surface area (Å²) < 4.78 is 0. The molecule has 0 bridgehead atoms. The third-order valence-corrected chi connectivity index (χ3v) is 3.63. The number of fused-ring (bicyclic) bond motifs is 1. The Morgan fingerprint density at radius 1 is 0.955 bits per heavy atom. The summed E-state index contributed by atoms with van der Waals surface area (Å²) in [5.41, 5.74) is 1.70. The van der Waals surface area contributed by atoms with Crippen molar-refractivity contribution >= 4 is 28.2 Å². The van der Waals surface area contributed by atoms with Crippen LogP contribution in [0.2, 0.25) is 0 Å². The van der Waals surface area contributed by atoms with Crippen LogP contribution in [-0.2, 0) is 4.79 Å². The smallest absolute Gasteiger partial charge is 0.255 e. The number of anilines is 1. The first kappa shape index (κ1) is 12.6. The number of hydrogen-bond donors (Lipinski definition) is 0. The monoisotopic (exact) mass is 288 g/mol. The highest BCUT2D eigenvalue weighted by Gasteiger charge is 2.28. The molecule has 0 radical (unpaired) electrons. The standard InChI is InChI=1S/C17H12N4O/c22-16-10-15(12-6-2-1-3-7-12)20-21(16)17-14-9-5-4-8-13(14)11-18-19-17/h1-9,11H,10H2. The van der Waals surface area contributed by atoms with Crippen LogP contribution in [0.15, 0.2) is 65.9 Å². The molecule has 3 aromatic rings. The molecule has 0 N–H and O–H groups in total. The molecule has 1 aliphatic rings. The van der Waals surface area contributed by atoms with E-state index in [-0.39, 0.29) is 12.3 Å². The number of amides is 1. The second kappa shape index (κ2) is 5.04. The van der Waals surface area contributed by atoms with Crippen LogP contribution in [0, 0.1) is 0 Å². The van der Waals surface area contributed by atoms with Crippen molar-refractivity contribution in [3.8, 4) is 0 Å². The van der Waals surface area contributed by atoms with Gasteiger partial charge in [0.15, 0.2) is 5.82 Å². The second-order valence-corrected chi connectivity index (χ2v) is 5.05. The molecular formula is C17H12N4O. The Hall–Kier alpha value is -3.08. The lowest BCUT2D eigenvalue weighted by atomic mass is 10.1. The minimum Gasteiger partial charge on any atom is -0.272 e. The van der Waals surface area contributed by atoms with E-state index in [4.69, 9.17) is 0 Å². The molecule has 0 fully saturated rings. The summed E-state index contributed by atoms with van der Waals surface area (Å²) in [6.45, 7) is 0. The average Bonchev–Trinajstić information content (AvgIpc) is 2.97. The SMILES string of the molecule is O=C1CC(c2ccccc2)=NN1c1nncc2ccccc12. The van der Waals surface area contributed by atoms with Gasteiger partial charge in [0.2, 0.25) is 0 Å². The molecule has 0 spiro atoms. The van der Waals surface area contributed by atoms with Crippen molar-refractivity contribution in [3.05, 3.63) is 66.4 Å². The number of carbonyl (C=O) groups is 1. The summed E-state index contributed by atoms with van der Waals surface area (Å²) in [6.07, 6.45) is 1.95. The topological polar surface area (TPSA) is 58.5 Å². The second-order valence-electron chi connectivity index (χ2n) is 5.05. The van der Waals surface area contributed by atoms with Gasteiger partial charge in [0.05, 0.1) is 18.3 Å². The van der Waals surface area contributed by atoms with Gasteiger partial charge in [-0.2, -0.15) is 15.2 Å². The molecule has 0 saturated carbocycles. The van der Waals surface area contributed by atoms with E-state index in [1.165, 1.54) is 5.01 Å². The summed E-state index contributed by atoms with van der Waals surface area (Å²) in [5, 5.41) is 15.7. The van der Waals surface area contributed by atoms with Crippen molar-refractivity contribution in [2.24, 2.45) is 5.10 Å². The normalized spacial score (nSPS) is 14.5. The van der Waals surface area contributed by atoms with Crippen LogP contribution in [0.4, 0.5) is 5.82 Å². The predicted molar refractivity (Wildman–Crippen MR) is 84.6 cm³/mol. The van der Waals surface area contributed by atoms with Crippen LogP contribution >= 0.6 is 0 Å². The summed E-state index contributed by atoms with van der Waals surface area (Å²) in [4.78, 5) is 12.3. The number of hydrazone groups is 1. The van der Waals surface area contributed by atoms with Crippen LogP contribution in [0.3, 0.4) is 0 Å². The minimum absolute atomic E-state index is 0.0930. The highest BCUT2D eigenvalue weighted by Crippen LogP contribution is 2.27. The molecule has 2 heterocycles. The molecule has 106 valence electrons. The van der Waals surface area contributed by atoms with Crippen LogP contribution in [0.25, 0.3) is 10.8 Å². The highest BCUT2D eigenvalue weighted by atomic mass is 16.2. The van der Waals surface area contributed by atoms with Crippen molar-refractivity contribution in [1.29, 1.82) is 0 Å². The van der Waals surface area contributed by atoms with Gasteiger partial charge in [-0.3, -0.25) is 4.79 Å². The maximum Gasteiger partial charge on any atom is 0.255 e. The van der Waals surface area contributed by atoms with Crippen LogP contribution in [-0.4, -0.2) is 21.8 Å². The van der Waals surface area contributed by atoms with E-state index in [9.17, 15) is 4.79 Å². The molecule has 5 nitrogen and oxygen atoms in total. The molecule has 0 unspecified atom stereocenters. The molecule has 4 rings (SSSR count). The van der Waals surface area contributed by atoms with Crippen LogP contribution in [0.1, 0.15) is 12.0 Å². The lowest BCUT2D eigenvalue weighted by Crippen LogP contribution is -2.21. The Morgan fingerprint density at radius 3 is 2.59 bits per heavy atom. The van der Waals surface area contributed by atoms with Gasteiger partial charge in [-0.25, -0.2) is 0 Å². The van der Waals surface area contributed by atoms with E-state index in [1.807, 2.05) is 54.6 Å². The molecular weight excluding hydrogens is 276 g/mol. The van der Waals surface area contributed by atoms with E-state index in [1.54, 1.807) is 6.20 Å². The fourth-order valence-corrected chi connectivity index (χ4v) is 2.56. The zero-order valence-electron chi connectivity index (χ0n) is 11.7. The molecule has 5 heteroatoms. The van der Waals surface area contributed by atoms with Crippen molar-refractivity contribution in [2.45, 2.75) is 6.42 Å². The van der Waals surface area contributed by atoms with Crippen molar-refractivity contribution in [3.63, 3.8) is 0 Å². The van der Waals surface area contributed by atoms with Gasteiger partial charge < -0.3 is 0 Å². The molecule has 1 amide bonds. The van der Waals surface area contributed by atoms with Crippen LogP contribution < -0.4 is 5.01 Å². The molecule has 0 saturated heterocycles. The Labute approximate surface area is 126 Å². The Morgan fingerprint density at radius 2 is 1.73 bits per heavy atom. The molecule has 0 aliphatic carbocycles. The highest BCUT2D eigenvalue weighted by molar-refractivity contribution is 6.20. The quantitative estimate of drug-likeness (QED) is 0.728. The number of hydrogen-bond acceptors (Lipinski definition) is 4. The van der Waals surface area contributed by atoms with Gasteiger partial charge in [0.1, 0.15) is 0 Å². The van der Waals surface area contributed by atoms with E-state index < -0.39 is 0 Å². The van der Waals surface area contributed by atoms with Crippen molar-refractivity contribution < 1.29 is 4.79 Å².